The Balaban J connectivity index is 2.76. The van der Waals surface area contributed by atoms with Crippen LogP contribution in [0.5, 0.6) is 0 Å². The molecule has 15 heavy (non-hydrogen) atoms. The fourth-order valence-electron chi connectivity index (χ4n) is 1.39. The molecule has 0 bridgehead atoms. The first-order chi connectivity index (χ1) is 7.08. The van der Waals surface area contributed by atoms with Gasteiger partial charge in [0.15, 0.2) is 0 Å². The standard InChI is InChI=1S/C10H7ClN2O2/c1-5-7-3-2-6(9(14)15)4-8(7)13-10(11)12-5/h2-4H,1H3,(H,14,15). The number of hydrogen-bond acceptors (Lipinski definition) is 3. The van der Waals surface area contributed by atoms with Gasteiger partial charge in [-0.2, -0.15) is 0 Å². The van der Waals surface area contributed by atoms with E-state index in [1.807, 2.05) is 0 Å². The number of nitrogens with zero attached hydrogens (tertiary/aromatic N) is 2. The monoisotopic (exact) mass is 222 g/mol. The van der Waals surface area contributed by atoms with Gasteiger partial charge in [0, 0.05) is 5.39 Å². The van der Waals surface area contributed by atoms with Crippen molar-refractivity contribution in [3.8, 4) is 0 Å². The molecule has 0 aliphatic heterocycles. The van der Waals surface area contributed by atoms with Crippen molar-refractivity contribution in [2.45, 2.75) is 6.92 Å². The van der Waals surface area contributed by atoms with Crippen LogP contribution in [0.25, 0.3) is 10.9 Å². The van der Waals surface area contributed by atoms with Crippen molar-refractivity contribution in [2.75, 3.05) is 0 Å². The third-order valence-corrected chi connectivity index (χ3v) is 2.28. The number of carboxylic acid groups (broad SMARTS) is 1. The van der Waals surface area contributed by atoms with Crippen LogP contribution in [-0.2, 0) is 0 Å². The molecule has 1 aromatic carbocycles. The summed E-state index contributed by atoms with van der Waals surface area (Å²) in [6.45, 7) is 1.80. The van der Waals surface area contributed by atoms with Crippen LogP contribution >= 0.6 is 11.6 Å². The zero-order chi connectivity index (χ0) is 11.0. The van der Waals surface area contributed by atoms with Crippen molar-refractivity contribution in [3.05, 3.63) is 34.7 Å². The number of aromatic carboxylic acids is 1. The number of fused-ring (bicyclic) bond motifs is 1. The van der Waals surface area contributed by atoms with E-state index < -0.39 is 5.97 Å². The Hall–Kier alpha value is -1.68. The number of rotatable bonds is 1. The first kappa shape index (κ1) is 9.86. The molecule has 76 valence electrons. The van der Waals surface area contributed by atoms with Crippen LogP contribution in [0.15, 0.2) is 18.2 Å². The normalized spacial score (nSPS) is 10.5. The molecular weight excluding hydrogens is 216 g/mol. The fraction of sp³-hybridized carbons (Fsp3) is 0.100. The lowest BCUT2D eigenvalue weighted by atomic mass is 10.1. The van der Waals surface area contributed by atoms with E-state index in [-0.39, 0.29) is 10.8 Å². The average molecular weight is 223 g/mol. The molecule has 0 aliphatic carbocycles. The Labute approximate surface area is 90.5 Å². The highest BCUT2D eigenvalue weighted by Gasteiger charge is 2.07. The van der Waals surface area contributed by atoms with Crippen molar-refractivity contribution < 1.29 is 9.90 Å². The highest BCUT2D eigenvalue weighted by atomic mass is 35.5. The summed E-state index contributed by atoms with van der Waals surface area (Å²) in [5, 5.41) is 9.74. The molecule has 4 nitrogen and oxygen atoms in total. The summed E-state index contributed by atoms with van der Waals surface area (Å²) < 4.78 is 0. The number of aryl methyl sites for hydroxylation is 1. The molecule has 1 N–H and O–H groups in total. The Kier molecular flexibility index (Phi) is 2.28. The zero-order valence-corrected chi connectivity index (χ0v) is 8.62. The van der Waals surface area contributed by atoms with Crippen LogP contribution in [0.4, 0.5) is 0 Å². The molecule has 0 unspecified atom stereocenters. The zero-order valence-electron chi connectivity index (χ0n) is 7.86. The fourth-order valence-corrected chi connectivity index (χ4v) is 1.60. The Morgan fingerprint density at radius 3 is 2.80 bits per heavy atom. The van der Waals surface area contributed by atoms with E-state index in [4.69, 9.17) is 16.7 Å². The molecule has 0 aliphatic rings. The quantitative estimate of drug-likeness (QED) is 0.752. The summed E-state index contributed by atoms with van der Waals surface area (Å²) in [5.74, 6) is -0.982. The third kappa shape index (κ3) is 1.76. The molecule has 1 heterocycles. The van der Waals surface area contributed by atoms with E-state index >= 15 is 0 Å². The van der Waals surface area contributed by atoms with Crippen LogP contribution in [0.1, 0.15) is 16.1 Å². The largest absolute Gasteiger partial charge is 0.478 e. The van der Waals surface area contributed by atoms with Crippen molar-refractivity contribution in [2.24, 2.45) is 0 Å². The van der Waals surface area contributed by atoms with Gasteiger partial charge in [-0.25, -0.2) is 14.8 Å². The van der Waals surface area contributed by atoms with Crippen molar-refractivity contribution in [3.63, 3.8) is 0 Å². The smallest absolute Gasteiger partial charge is 0.335 e. The SMILES string of the molecule is Cc1nc(Cl)nc2cc(C(=O)O)ccc12. The number of hydrogen-bond donors (Lipinski definition) is 1. The summed E-state index contributed by atoms with van der Waals surface area (Å²) in [6.07, 6.45) is 0. The molecule has 0 spiro atoms. The maximum absolute atomic E-state index is 10.7. The molecule has 1 aromatic heterocycles. The average Bonchev–Trinajstić information content (AvgIpc) is 2.16. The van der Waals surface area contributed by atoms with Crippen molar-refractivity contribution in [1.29, 1.82) is 0 Å². The Bertz CT molecular complexity index is 554. The van der Waals surface area contributed by atoms with Crippen molar-refractivity contribution in [1.82, 2.24) is 9.97 Å². The minimum Gasteiger partial charge on any atom is -0.478 e. The molecule has 0 saturated heterocycles. The van der Waals surface area contributed by atoms with Crippen LogP contribution in [0, 0.1) is 6.92 Å². The van der Waals surface area contributed by atoms with Crippen molar-refractivity contribution >= 4 is 28.5 Å². The predicted molar refractivity (Wildman–Crippen MR) is 56.2 cm³/mol. The van der Waals surface area contributed by atoms with E-state index in [9.17, 15) is 4.79 Å². The molecule has 0 saturated carbocycles. The lowest BCUT2D eigenvalue weighted by Crippen LogP contribution is -1.97. The summed E-state index contributed by atoms with van der Waals surface area (Å²) in [5.41, 5.74) is 1.48. The number of halogens is 1. The predicted octanol–water partition coefficient (Wildman–Crippen LogP) is 2.29. The minimum atomic E-state index is -0.982. The first-order valence-electron chi connectivity index (χ1n) is 4.25. The molecule has 0 atom stereocenters. The lowest BCUT2D eigenvalue weighted by molar-refractivity contribution is 0.0697. The maximum atomic E-state index is 10.7. The van der Waals surface area contributed by atoms with Gasteiger partial charge in [-0.3, -0.25) is 0 Å². The summed E-state index contributed by atoms with van der Waals surface area (Å²) in [4.78, 5) is 18.7. The van der Waals surface area contributed by atoms with Gasteiger partial charge in [0.1, 0.15) is 0 Å². The maximum Gasteiger partial charge on any atom is 0.335 e. The molecule has 2 rings (SSSR count). The van der Waals surface area contributed by atoms with Crippen LogP contribution in [0.2, 0.25) is 5.28 Å². The van der Waals surface area contributed by atoms with E-state index in [2.05, 4.69) is 9.97 Å². The number of aromatic nitrogens is 2. The topological polar surface area (TPSA) is 63.1 Å². The second kappa shape index (κ2) is 3.47. The van der Waals surface area contributed by atoms with Crippen LogP contribution < -0.4 is 0 Å². The molecular formula is C10H7ClN2O2. The van der Waals surface area contributed by atoms with E-state index in [0.29, 0.717) is 5.52 Å². The molecule has 2 aromatic rings. The second-order valence-corrected chi connectivity index (χ2v) is 3.45. The number of carboxylic acids is 1. The Morgan fingerprint density at radius 2 is 2.13 bits per heavy atom. The van der Waals surface area contributed by atoms with Gasteiger partial charge in [0.05, 0.1) is 16.8 Å². The van der Waals surface area contributed by atoms with Gasteiger partial charge in [0.25, 0.3) is 0 Å². The van der Waals surface area contributed by atoms with Crippen LogP contribution in [0.3, 0.4) is 0 Å². The highest BCUT2D eigenvalue weighted by molar-refractivity contribution is 6.28. The summed E-state index contributed by atoms with van der Waals surface area (Å²) in [7, 11) is 0. The summed E-state index contributed by atoms with van der Waals surface area (Å²) >= 11 is 5.69. The van der Waals surface area contributed by atoms with Gasteiger partial charge in [-0.15, -0.1) is 0 Å². The lowest BCUT2D eigenvalue weighted by Gasteiger charge is -2.02. The second-order valence-electron chi connectivity index (χ2n) is 3.12. The molecule has 0 radical (unpaired) electrons. The highest BCUT2D eigenvalue weighted by Crippen LogP contribution is 2.18. The number of benzene rings is 1. The van der Waals surface area contributed by atoms with Gasteiger partial charge >= 0.3 is 5.97 Å². The third-order valence-electron chi connectivity index (χ3n) is 2.11. The minimum absolute atomic E-state index is 0.127. The van der Waals surface area contributed by atoms with Gasteiger partial charge in [-0.1, -0.05) is 6.07 Å². The number of carbonyl (C=O) groups is 1. The van der Waals surface area contributed by atoms with E-state index in [1.54, 1.807) is 13.0 Å². The molecule has 5 heteroatoms. The molecule has 0 amide bonds. The van der Waals surface area contributed by atoms with Gasteiger partial charge in [-0.05, 0) is 30.7 Å². The van der Waals surface area contributed by atoms with Crippen LogP contribution in [-0.4, -0.2) is 21.0 Å². The van der Waals surface area contributed by atoms with Gasteiger partial charge in [0.2, 0.25) is 5.28 Å². The Morgan fingerprint density at radius 1 is 1.40 bits per heavy atom. The van der Waals surface area contributed by atoms with Gasteiger partial charge < -0.3 is 5.11 Å². The van der Waals surface area contributed by atoms with E-state index in [1.165, 1.54) is 12.1 Å². The first-order valence-corrected chi connectivity index (χ1v) is 4.63. The molecule has 0 fully saturated rings. The summed E-state index contributed by atoms with van der Waals surface area (Å²) in [6, 6.07) is 4.69. The van der Waals surface area contributed by atoms with E-state index in [0.717, 1.165) is 11.1 Å².